The van der Waals surface area contributed by atoms with E-state index in [0.29, 0.717) is 24.4 Å². The summed E-state index contributed by atoms with van der Waals surface area (Å²) in [6, 6.07) is 12.7. The average molecular weight is 392 g/mol. The van der Waals surface area contributed by atoms with Gasteiger partial charge in [0.1, 0.15) is 11.9 Å². The van der Waals surface area contributed by atoms with Crippen molar-refractivity contribution in [1.82, 2.24) is 19.2 Å². The Hall–Kier alpha value is -3.35. The molecule has 29 heavy (non-hydrogen) atoms. The van der Waals surface area contributed by atoms with Crippen molar-refractivity contribution in [3.8, 4) is 11.4 Å². The molecule has 0 radical (unpaired) electrons. The van der Waals surface area contributed by atoms with E-state index >= 15 is 0 Å². The molecule has 3 aromatic rings. The highest BCUT2D eigenvalue weighted by Crippen LogP contribution is 2.20. The molecule has 4 rings (SSSR count). The minimum atomic E-state index is -0.0790. The third-order valence-corrected chi connectivity index (χ3v) is 5.37. The van der Waals surface area contributed by atoms with Crippen LogP contribution in [0.1, 0.15) is 28.9 Å². The first kappa shape index (κ1) is 19.0. The van der Waals surface area contributed by atoms with Gasteiger partial charge in [0.15, 0.2) is 0 Å². The van der Waals surface area contributed by atoms with Crippen molar-refractivity contribution in [2.75, 3.05) is 13.1 Å². The van der Waals surface area contributed by atoms with Crippen LogP contribution in [0.5, 0.6) is 5.75 Å². The van der Waals surface area contributed by atoms with Crippen LogP contribution in [0.15, 0.2) is 59.7 Å². The molecule has 1 saturated heterocycles. The summed E-state index contributed by atoms with van der Waals surface area (Å²) >= 11 is 0. The summed E-state index contributed by atoms with van der Waals surface area (Å²) in [7, 11) is 1.74. The Balaban J connectivity index is 1.39. The number of rotatable bonds is 4. The van der Waals surface area contributed by atoms with Gasteiger partial charge in [-0.05, 0) is 37.3 Å². The lowest BCUT2D eigenvalue weighted by Gasteiger charge is -2.32. The summed E-state index contributed by atoms with van der Waals surface area (Å²) < 4.78 is 9.34. The molecule has 0 aliphatic carbocycles. The van der Waals surface area contributed by atoms with E-state index in [1.165, 1.54) is 6.07 Å². The third kappa shape index (κ3) is 4.08. The molecule has 2 aromatic heterocycles. The zero-order valence-electron chi connectivity index (χ0n) is 16.6. The molecule has 0 bridgehead atoms. The lowest BCUT2D eigenvalue weighted by molar-refractivity contribution is 0.0595. The van der Waals surface area contributed by atoms with Gasteiger partial charge in [-0.2, -0.15) is 5.10 Å². The van der Waals surface area contributed by atoms with Crippen LogP contribution >= 0.6 is 0 Å². The molecule has 1 aliphatic heterocycles. The van der Waals surface area contributed by atoms with Crippen LogP contribution in [0.4, 0.5) is 0 Å². The van der Waals surface area contributed by atoms with Crippen molar-refractivity contribution in [3.63, 3.8) is 0 Å². The van der Waals surface area contributed by atoms with Crippen LogP contribution in [0, 0.1) is 6.92 Å². The van der Waals surface area contributed by atoms with Gasteiger partial charge >= 0.3 is 0 Å². The maximum atomic E-state index is 12.9. The topological polar surface area (TPSA) is 69.4 Å². The van der Waals surface area contributed by atoms with Crippen molar-refractivity contribution in [2.24, 2.45) is 7.05 Å². The molecule has 1 aliphatic rings. The van der Waals surface area contributed by atoms with E-state index in [-0.39, 0.29) is 17.6 Å². The lowest BCUT2D eigenvalue weighted by Crippen LogP contribution is -2.41. The van der Waals surface area contributed by atoms with Gasteiger partial charge in [-0.15, -0.1) is 0 Å². The van der Waals surface area contributed by atoms with Crippen molar-refractivity contribution in [1.29, 1.82) is 0 Å². The molecule has 7 heteroatoms. The zero-order valence-corrected chi connectivity index (χ0v) is 16.6. The van der Waals surface area contributed by atoms with Gasteiger partial charge in [0.25, 0.3) is 11.5 Å². The van der Waals surface area contributed by atoms with E-state index in [1.54, 1.807) is 22.5 Å². The largest absolute Gasteiger partial charge is 0.490 e. The first-order valence-corrected chi connectivity index (χ1v) is 9.75. The monoisotopic (exact) mass is 392 g/mol. The Morgan fingerprint density at radius 1 is 1.14 bits per heavy atom. The van der Waals surface area contributed by atoms with E-state index in [0.717, 1.165) is 24.2 Å². The number of hydrogen-bond donors (Lipinski definition) is 0. The number of pyridine rings is 1. The van der Waals surface area contributed by atoms with Gasteiger partial charge < -0.3 is 14.2 Å². The van der Waals surface area contributed by atoms with Crippen LogP contribution in [-0.2, 0) is 7.05 Å². The second kappa shape index (κ2) is 7.95. The maximum Gasteiger partial charge on any atom is 0.254 e. The number of aryl methyl sites for hydroxylation is 1. The van der Waals surface area contributed by atoms with Gasteiger partial charge in [0.2, 0.25) is 0 Å². The van der Waals surface area contributed by atoms with E-state index in [2.05, 4.69) is 5.10 Å². The van der Waals surface area contributed by atoms with E-state index < -0.39 is 0 Å². The fraction of sp³-hybridized carbons (Fsp3) is 0.318. The van der Waals surface area contributed by atoms with Crippen LogP contribution in [0.3, 0.4) is 0 Å². The highest BCUT2D eigenvalue weighted by Gasteiger charge is 2.25. The fourth-order valence-corrected chi connectivity index (χ4v) is 3.56. The molecule has 0 unspecified atom stereocenters. The van der Waals surface area contributed by atoms with Gasteiger partial charge in [-0.1, -0.05) is 6.07 Å². The predicted octanol–water partition coefficient (Wildman–Crippen LogP) is 2.56. The first-order chi connectivity index (χ1) is 14.0. The second-order valence-corrected chi connectivity index (χ2v) is 7.34. The molecule has 7 nitrogen and oxygen atoms in total. The minimum absolute atomic E-state index is 0.000893. The Morgan fingerprint density at radius 3 is 2.62 bits per heavy atom. The normalized spacial score (nSPS) is 14.8. The SMILES string of the molecule is Cc1cc(OC2CCN(C(=O)c3cccc(-n4cccn4)c3)CC2)cc(=O)n1C. The number of amides is 1. The molecule has 0 atom stereocenters. The third-order valence-electron chi connectivity index (χ3n) is 5.37. The number of aromatic nitrogens is 3. The number of carbonyl (C=O) groups excluding carboxylic acids is 1. The Kier molecular flexibility index (Phi) is 5.20. The summed E-state index contributed by atoms with van der Waals surface area (Å²) in [4.78, 5) is 26.7. The van der Waals surface area contributed by atoms with Gasteiger partial charge in [-0.25, -0.2) is 4.68 Å². The summed E-state index contributed by atoms with van der Waals surface area (Å²) in [5.74, 6) is 0.615. The summed E-state index contributed by atoms with van der Waals surface area (Å²) in [5, 5.41) is 4.22. The number of carbonyl (C=O) groups is 1. The quantitative estimate of drug-likeness (QED) is 0.684. The van der Waals surface area contributed by atoms with Crippen molar-refractivity contribution >= 4 is 5.91 Å². The lowest BCUT2D eigenvalue weighted by atomic mass is 10.1. The fourth-order valence-electron chi connectivity index (χ4n) is 3.56. The summed E-state index contributed by atoms with van der Waals surface area (Å²) in [6.07, 6.45) is 5.03. The van der Waals surface area contributed by atoms with E-state index in [1.807, 2.05) is 54.4 Å². The van der Waals surface area contributed by atoms with Gasteiger partial charge in [0.05, 0.1) is 5.69 Å². The zero-order chi connectivity index (χ0) is 20.4. The molecule has 0 spiro atoms. The molecule has 150 valence electrons. The molecule has 1 fully saturated rings. The molecular weight excluding hydrogens is 368 g/mol. The number of nitrogens with zero attached hydrogens (tertiary/aromatic N) is 4. The van der Waals surface area contributed by atoms with E-state index in [9.17, 15) is 9.59 Å². The molecule has 1 aromatic carbocycles. The number of likely N-dealkylation sites (tertiary alicyclic amines) is 1. The number of hydrogen-bond acceptors (Lipinski definition) is 4. The Bertz CT molecular complexity index is 1060. The minimum Gasteiger partial charge on any atom is -0.490 e. The van der Waals surface area contributed by atoms with Crippen LogP contribution in [-0.4, -0.2) is 44.3 Å². The van der Waals surface area contributed by atoms with Crippen molar-refractivity contribution in [3.05, 3.63) is 76.5 Å². The highest BCUT2D eigenvalue weighted by molar-refractivity contribution is 5.94. The van der Waals surface area contributed by atoms with Crippen molar-refractivity contribution < 1.29 is 9.53 Å². The number of ether oxygens (including phenoxy) is 1. The van der Waals surface area contributed by atoms with Crippen molar-refractivity contribution in [2.45, 2.75) is 25.9 Å². The summed E-state index contributed by atoms with van der Waals surface area (Å²) in [6.45, 7) is 3.13. The standard InChI is InChI=1S/C22H24N4O3/c1-16-13-20(15-21(27)24(16)2)29-19-7-11-25(12-8-19)22(28)17-5-3-6-18(14-17)26-10-4-9-23-26/h3-6,9-10,13-15,19H,7-8,11-12H2,1-2H3. The summed E-state index contributed by atoms with van der Waals surface area (Å²) in [5.41, 5.74) is 2.29. The van der Waals surface area contributed by atoms with Crippen LogP contribution in [0.25, 0.3) is 5.69 Å². The molecule has 1 amide bonds. The smallest absolute Gasteiger partial charge is 0.254 e. The first-order valence-electron chi connectivity index (χ1n) is 9.75. The van der Waals surface area contributed by atoms with E-state index in [4.69, 9.17) is 4.74 Å². The second-order valence-electron chi connectivity index (χ2n) is 7.34. The molecular formula is C22H24N4O3. The number of piperidine rings is 1. The molecule has 0 saturated carbocycles. The highest BCUT2D eigenvalue weighted by atomic mass is 16.5. The van der Waals surface area contributed by atoms with Crippen LogP contribution < -0.4 is 10.3 Å². The molecule has 3 heterocycles. The molecule has 0 N–H and O–H groups in total. The van der Waals surface area contributed by atoms with Crippen LogP contribution in [0.2, 0.25) is 0 Å². The Morgan fingerprint density at radius 2 is 1.93 bits per heavy atom. The predicted molar refractivity (Wildman–Crippen MR) is 110 cm³/mol. The number of benzene rings is 1. The average Bonchev–Trinajstić information content (AvgIpc) is 3.27. The maximum absolute atomic E-state index is 12.9. The van der Waals surface area contributed by atoms with Gasteiger partial charge in [-0.3, -0.25) is 9.59 Å². The Labute approximate surface area is 169 Å². The van der Waals surface area contributed by atoms with Gasteiger partial charge in [0, 0.05) is 62.7 Å².